The molecule has 2 aromatic heterocycles. The lowest BCUT2D eigenvalue weighted by Gasteiger charge is -2.21. The van der Waals surface area contributed by atoms with E-state index < -0.39 is 0 Å². The topological polar surface area (TPSA) is 79.1 Å². The Bertz CT molecular complexity index is 625. The van der Waals surface area contributed by atoms with Gasteiger partial charge in [-0.25, -0.2) is 9.97 Å². The first-order valence-electron chi connectivity index (χ1n) is 7.50. The Balaban J connectivity index is 1.92. The quantitative estimate of drug-likeness (QED) is 0.846. The molecule has 0 bridgehead atoms. The highest BCUT2D eigenvalue weighted by Crippen LogP contribution is 2.22. The second-order valence-corrected chi connectivity index (χ2v) is 5.47. The fourth-order valence-corrected chi connectivity index (χ4v) is 2.93. The van der Waals surface area contributed by atoms with Crippen molar-refractivity contribution in [1.82, 2.24) is 24.6 Å². The largest absolute Gasteiger partial charge is 0.395 e. The molecule has 2 N–H and O–H groups in total. The predicted octanol–water partition coefficient (Wildman–Crippen LogP) is 0.752. The van der Waals surface area contributed by atoms with Crippen LogP contribution in [0.5, 0.6) is 0 Å². The normalized spacial score (nSPS) is 19.5. The van der Waals surface area contributed by atoms with E-state index in [1.165, 1.54) is 0 Å². The van der Waals surface area contributed by atoms with E-state index in [1.807, 2.05) is 14.0 Å². The minimum atomic E-state index is 0.202. The molecule has 0 saturated carbocycles. The number of fused-ring (bicyclic) bond motifs is 1. The third-order valence-corrected chi connectivity index (χ3v) is 4.04. The Kier molecular flexibility index (Phi) is 4.03. The third-order valence-electron chi connectivity index (χ3n) is 4.04. The second kappa shape index (κ2) is 5.95. The number of hydrogen-bond acceptors (Lipinski definition) is 6. The molecule has 1 unspecified atom stereocenters. The lowest BCUT2D eigenvalue weighted by Crippen LogP contribution is -2.32. The number of anilines is 1. The molecule has 1 fully saturated rings. The summed E-state index contributed by atoms with van der Waals surface area (Å²) in [5.41, 5.74) is 0.843. The fraction of sp³-hybridized carbons (Fsp3) is 0.643. The van der Waals surface area contributed by atoms with Crippen molar-refractivity contribution in [1.29, 1.82) is 0 Å². The number of aliphatic hydroxyl groups excluding tert-OH is 1. The Hall–Kier alpha value is -1.73. The summed E-state index contributed by atoms with van der Waals surface area (Å²) in [5.74, 6) is 1.62. The van der Waals surface area contributed by atoms with Crippen LogP contribution in [-0.4, -0.2) is 55.5 Å². The summed E-state index contributed by atoms with van der Waals surface area (Å²) in [7, 11) is 1.89. The maximum Gasteiger partial charge on any atom is 0.163 e. The Morgan fingerprint density at radius 2 is 2.29 bits per heavy atom. The van der Waals surface area contributed by atoms with Gasteiger partial charge in [0.05, 0.1) is 24.7 Å². The van der Waals surface area contributed by atoms with Crippen molar-refractivity contribution in [3.63, 3.8) is 0 Å². The lowest BCUT2D eigenvalue weighted by atomic mass is 10.2. The first-order valence-corrected chi connectivity index (χ1v) is 7.50. The van der Waals surface area contributed by atoms with E-state index in [2.05, 4.69) is 25.3 Å². The van der Waals surface area contributed by atoms with Crippen molar-refractivity contribution >= 4 is 16.9 Å². The van der Waals surface area contributed by atoms with Crippen LogP contribution < -0.4 is 5.32 Å². The molecule has 114 valence electrons. The molecular weight excluding hydrogens is 268 g/mol. The minimum Gasteiger partial charge on any atom is -0.395 e. The van der Waals surface area contributed by atoms with E-state index in [0.717, 1.165) is 48.6 Å². The summed E-state index contributed by atoms with van der Waals surface area (Å²) >= 11 is 0. The molecule has 1 saturated heterocycles. The Labute approximate surface area is 124 Å². The summed E-state index contributed by atoms with van der Waals surface area (Å²) in [6.07, 6.45) is 3.97. The number of aliphatic hydroxyl groups is 1. The highest BCUT2D eigenvalue weighted by Gasteiger charge is 2.25. The molecule has 3 rings (SSSR count). The van der Waals surface area contributed by atoms with Crippen molar-refractivity contribution < 1.29 is 5.11 Å². The number of nitrogens with one attached hydrogen (secondary N) is 1. The van der Waals surface area contributed by atoms with Crippen LogP contribution in [0.1, 0.15) is 25.6 Å². The van der Waals surface area contributed by atoms with E-state index in [-0.39, 0.29) is 12.6 Å². The summed E-state index contributed by atoms with van der Waals surface area (Å²) < 4.78 is 1.77. The average Bonchev–Trinajstić information content (AvgIpc) is 3.07. The molecule has 3 heterocycles. The van der Waals surface area contributed by atoms with E-state index in [9.17, 15) is 5.11 Å². The van der Waals surface area contributed by atoms with Crippen LogP contribution in [0, 0.1) is 0 Å². The van der Waals surface area contributed by atoms with Gasteiger partial charge in [0.15, 0.2) is 5.65 Å². The zero-order valence-electron chi connectivity index (χ0n) is 12.6. The molecule has 7 nitrogen and oxygen atoms in total. The zero-order valence-corrected chi connectivity index (χ0v) is 12.6. The number of hydrogen-bond donors (Lipinski definition) is 2. The predicted molar refractivity (Wildman–Crippen MR) is 81.0 cm³/mol. The van der Waals surface area contributed by atoms with Crippen LogP contribution in [0.3, 0.4) is 0 Å². The van der Waals surface area contributed by atoms with Gasteiger partial charge in [-0.05, 0) is 26.3 Å². The van der Waals surface area contributed by atoms with Gasteiger partial charge in [0.25, 0.3) is 0 Å². The molecule has 1 aliphatic heterocycles. The summed E-state index contributed by atoms with van der Waals surface area (Å²) in [5, 5.41) is 17.9. The van der Waals surface area contributed by atoms with Gasteiger partial charge in [-0.1, -0.05) is 0 Å². The van der Waals surface area contributed by atoms with E-state index in [4.69, 9.17) is 0 Å². The SMILES string of the molecule is CCNc1nc(CN2CCCC2CO)nc2c1cnn2C. The Morgan fingerprint density at radius 3 is 3.05 bits per heavy atom. The molecule has 2 aromatic rings. The summed E-state index contributed by atoms with van der Waals surface area (Å²) in [6, 6.07) is 0.235. The zero-order chi connectivity index (χ0) is 14.8. The van der Waals surface area contributed by atoms with Crippen molar-refractivity contribution in [2.75, 3.05) is 25.0 Å². The first-order chi connectivity index (χ1) is 10.2. The molecule has 0 amide bonds. The van der Waals surface area contributed by atoms with E-state index in [0.29, 0.717) is 6.54 Å². The van der Waals surface area contributed by atoms with Crippen LogP contribution in [0.15, 0.2) is 6.20 Å². The molecule has 0 radical (unpaired) electrons. The number of rotatable bonds is 5. The monoisotopic (exact) mass is 290 g/mol. The van der Waals surface area contributed by atoms with Crippen LogP contribution in [0.4, 0.5) is 5.82 Å². The van der Waals surface area contributed by atoms with Crippen molar-refractivity contribution in [3.8, 4) is 0 Å². The van der Waals surface area contributed by atoms with Gasteiger partial charge in [-0.3, -0.25) is 9.58 Å². The number of aromatic nitrogens is 4. The van der Waals surface area contributed by atoms with Gasteiger partial charge in [-0.15, -0.1) is 0 Å². The highest BCUT2D eigenvalue weighted by atomic mass is 16.3. The fourth-order valence-electron chi connectivity index (χ4n) is 2.93. The van der Waals surface area contributed by atoms with Crippen LogP contribution in [0.25, 0.3) is 11.0 Å². The maximum atomic E-state index is 9.43. The molecule has 1 aliphatic rings. The van der Waals surface area contributed by atoms with Gasteiger partial charge in [0.1, 0.15) is 11.6 Å². The molecular formula is C14H22N6O. The number of nitrogens with zero attached hydrogens (tertiary/aromatic N) is 5. The van der Waals surface area contributed by atoms with Gasteiger partial charge in [0.2, 0.25) is 0 Å². The second-order valence-electron chi connectivity index (χ2n) is 5.47. The van der Waals surface area contributed by atoms with Gasteiger partial charge >= 0.3 is 0 Å². The van der Waals surface area contributed by atoms with E-state index >= 15 is 0 Å². The van der Waals surface area contributed by atoms with Crippen LogP contribution in [0.2, 0.25) is 0 Å². The van der Waals surface area contributed by atoms with Gasteiger partial charge < -0.3 is 10.4 Å². The van der Waals surface area contributed by atoms with Crippen LogP contribution in [-0.2, 0) is 13.6 Å². The molecule has 7 heteroatoms. The number of likely N-dealkylation sites (tertiary alicyclic amines) is 1. The smallest absolute Gasteiger partial charge is 0.163 e. The first kappa shape index (κ1) is 14.2. The van der Waals surface area contributed by atoms with E-state index in [1.54, 1.807) is 10.9 Å². The average molecular weight is 290 g/mol. The Morgan fingerprint density at radius 1 is 1.43 bits per heavy atom. The van der Waals surface area contributed by atoms with Gasteiger partial charge in [-0.2, -0.15) is 5.10 Å². The number of aryl methyl sites for hydroxylation is 1. The summed E-state index contributed by atoms with van der Waals surface area (Å²) in [4.78, 5) is 11.5. The minimum absolute atomic E-state index is 0.202. The molecule has 1 atom stereocenters. The highest BCUT2D eigenvalue weighted by molar-refractivity contribution is 5.86. The molecule has 0 aromatic carbocycles. The van der Waals surface area contributed by atoms with Crippen molar-refractivity contribution in [2.24, 2.45) is 7.05 Å². The third kappa shape index (κ3) is 2.71. The summed E-state index contributed by atoms with van der Waals surface area (Å²) in [6.45, 7) is 4.73. The van der Waals surface area contributed by atoms with Crippen molar-refractivity contribution in [2.45, 2.75) is 32.4 Å². The standard InChI is InChI=1S/C14H22N6O/c1-3-15-13-11-7-16-19(2)14(11)18-12(17-13)8-20-6-4-5-10(20)9-21/h7,10,21H,3-6,8-9H2,1-2H3,(H,15,17,18). The van der Waals surface area contributed by atoms with Crippen LogP contribution >= 0.6 is 0 Å². The molecule has 0 spiro atoms. The molecule has 21 heavy (non-hydrogen) atoms. The lowest BCUT2D eigenvalue weighted by molar-refractivity contribution is 0.151. The van der Waals surface area contributed by atoms with Gasteiger partial charge in [0, 0.05) is 19.6 Å². The van der Waals surface area contributed by atoms with Crippen molar-refractivity contribution in [3.05, 3.63) is 12.0 Å². The maximum absolute atomic E-state index is 9.43. The molecule has 0 aliphatic carbocycles.